The van der Waals surface area contributed by atoms with Crippen LogP contribution in [0.4, 0.5) is 5.69 Å². The molecule has 1 amide bonds. The average Bonchev–Trinajstić information content (AvgIpc) is 3.29. The van der Waals surface area contributed by atoms with Crippen molar-refractivity contribution in [3.63, 3.8) is 0 Å². The molecule has 1 atom stereocenters. The number of ether oxygens (including phenoxy) is 1. The zero-order valence-electron chi connectivity index (χ0n) is 18.2. The number of aliphatic hydroxyl groups excluding tert-OH is 1. The van der Waals surface area contributed by atoms with Gasteiger partial charge in [-0.3, -0.25) is 9.59 Å². The van der Waals surface area contributed by atoms with E-state index in [0.29, 0.717) is 18.7 Å². The molecule has 0 aliphatic carbocycles. The predicted octanol–water partition coefficient (Wildman–Crippen LogP) is 4.50. The van der Waals surface area contributed by atoms with Crippen molar-refractivity contribution < 1.29 is 19.4 Å². The zero-order valence-corrected chi connectivity index (χ0v) is 19.0. The lowest BCUT2D eigenvalue weighted by Gasteiger charge is -2.28. The lowest BCUT2D eigenvalue weighted by Crippen LogP contribution is -2.30. The average molecular weight is 441 g/mol. The van der Waals surface area contributed by atoms with Crippen molar-refractivity contribution in [3.8, 4) is 5.75 Å². The summed E-state index contributed by atoms with van der Waals surface area (Å²) in [5, 5.41) is 13.2. The van der Waals surface area contributed by atoms with Gasteiger partial charge in [0.05, 0.1) is 23.8 Å². The first kappa shape index (κ1) is 21.4. The molecule has 31 heavy (non-hydrogen) atoms. The standard InChI is InChI=1S/C24H28N2O4S/c1-4-5-6-10-26-20(23-15(2)9-13-31-23)19(22(28)24(26)29)21(27)16-7-8-18-17(14-16)25(3)11-12-30-18/h7-9,13-14,20,27H,4-6,10-12H2,1-3H3/b21-19-. The fourth-order valence-corrected chi connectivity index (χ4v) is 5.28. The Kier molecular flexibility index (Phi) is 6.05. The first-order chi connectivity index (χ1) is 14.9. The van der Waals surface area contributed by atoms with Crippen LogP contribution in [0.5, 0.6) is 5.75 Å². The predicted molar refractivity (Wildman–Crippen MR) is 123 cm³/mol. The van der Waals surface area contributed by atoms with Gasteiger partial charge < -0.3 is 19.6 Å². The molecular formula is C24H28N2O4S. The van der Waals surface area contributed by atoms with Crippen molar-refractivity contribution >= 4 is 34.5 Å². The van der Waals surface area contributed by atoms with E-state index in [-0.39, 0.29) is 11.3 Å². The molecule has 1 fully saturated rings. The Balaban J connectivity index is 1.81. The van der Waals surface area contributed by atoms with Crippen LogP contribution in [-0.2, 0) is 9.59 Å². The number of rotatable bonds is 6. The number of benzene rings is 1. The van der Waals surface area contributed by atoms with E-state index in [1.807, 2.05) is 37.6 Å². The number of aryl methyl sites for hydroxylation is 1. The minimum absolute atomic E-state index is 0.129. The zero-order chi connectivity index (χ0) is 22.1. The summed E-state index contributed by atoms with van der Waals surface area (Å²) in [6, 6.07) is 6.81. The largest absolute Gasteiger partial charge is 0.507 e. The number of unbranched alkanes of at least 4 members (excludes halogenated alkanes) is 2. The lowest BCUT2D eigenvalue weighted by atomic mass is 9.97. The molecule has 1 N–H and O–H groups in total. The molecule has 1 aromatic carbocycles. The SMILES string of the molecule is CCCCCN1C(=O)C(=O)/C(=C(\O)c2ccc3c(c2)N(C)CCO3)C1c1sccc1C. The number of fused-ring (bicyclic) bond motifs is 1. The molecule has 1 unspecified atom stereocenters. The van der Waals surface area contributed by atoms with Gasteiger partial charge in [0.1, 0.15) is 18.1 Å². The van der Waals surface area contributed by atoms with Gasteiger partial charge in [-0.05, 0) is 48.6 Å². The summed E-state index contributed by atoms with van der Waals surface area (Å²) in [5.41, 5.74) is 2.56. The third-order valence-electron chi connectivity index (χ3n) is 6.02. The molecule has 2 aliphatic rings. The number of hydrogen-bond acceptors (Lipinski definition) is 6. The second-order valence-corrected chi connectivity index (χ2v) is 9.07. The first-order valence-electron chi connectivity index (χ1n) is 10.7. The Bertz CT molecular complexity index is 1040. The summed E-state index contributed by atoms with van der Waals surface area (Å²) in [7, 11) is 1.97. The normalized spacial score (nSPS) is 20.2. The first-order valence-corrected chi connectivity index (χ1v) is 11.6. The van der Waals surface area contributed by atoms with Gasteiger partial charge in [-0.2, -0.15) is 0 Å². The van der Waals surface area contributed by atoms with Gasteiger partial charge in [-0.15, -0.1) is 11.3 Å². The van der Waals surface area contributed by atoms with Crippen LogP contribution in [0, 0.1) is 6.92 Å². The van der Waals surface area contributed by atoms with Crippen molar-refractivity contribution in [2.45, 2.75) is 39.2 Å². The van der Waals surface area contributed by atoms with Crippen LogP contribution in [0.1, 0.15) is 48.2 Å². The highest BCUT2D eigenvalue weighted by atomic mass is 32.1. The third-order valence-corrected chi connectivity index (χ3v) is 7.09. The second kappa shape index (κ2) is 8.75. The minimum atomic E-state index is -0.617. The summed E-state index contributed by atoms with van der Waals surface area (Å²) in [5.74, 6) is -0.533. The number of ketones is 1. The molecule has 0 radical (unpaired) electrons. The topological polar surface area (TPSA) is 70.1 Å². The fourth-order valence-electron chi connectivity index (χ4n) is 4.23. The van der Waals surface area contributed by atoms with Gasteiger partial charge in [-0.1, -0.05) is 19.8 Å². The summed E-state index contributed by atoms with van der Waals surface area (Å²) >= 11 is 1.51. The highest BCUT2D eigenvalue weighted by Gasteiger charge is 2.46. The number of carbonyl (C=O) groups excluding carboxylic acids is 2. The molecule has 1 saturated heterocycles. The van der Waals surface area contributed by atoms with Crippen molar-refractivity contribution in [2.75, 3.05) is 31.6 Å². The lowest BCUT2D eigenvalue weighted by molar-refractivity contribution is -0.139. The van der Waals surface area contributed by atoms with Gasteiger partial charge >= 0.3 is 0 Å². The van der Waals surface area contributed by atoms with Crippen LogP contribution in [0.2, 0.25) is 0 Å². The van der Waals surface area contributed by atoms with Gasteiger partial charge in [0.15, 0.2) is 0 Å². The number of carbonyl (C=O) groups is 2. The highest BCUT2D eigenvalue weighted by molar-refractivity contribution is 7.10. The molecular weight excluding hydrogens is 412 g/mol. The second-order valence-electron chi connectivity index (χ2n) is 8.12. The van der Waals surface area contributed by atoms with E-state index >= 15 is 0 Å². The Labute approximate surface area is 186 Å². The molecule has 164 valence electrons. The number of amides is 1. The molecule has 2 aromatic rings. The Hall–Kier alpha value is -2.80. The monoisotopic (exact) mass is 440 g/mol. The number of anilines is 1. The number of aliphatic hydroxyl groups is 1. The molecule has 3 heterocycles. The summed E-state index contributed by atoms with van der Waals surface area (Å²) < 4.78 is 5.69. The molecule has 0 saturated carbocycles. The quantitative estimate of drug-likeness (QED) is 0.310. The summed E-state index contributed by atoms with van der Waals surface area (Å²) in [6.07, 6.45) is 2.83. The maximum atomic E-state index is 13.1. The van der Waals surface area contributed by atoms with Gasteiger partial charge in [0.25, 0.3) is 11.7 Å². The molecule has 4 rings (SSSR count). The van der Waals surface area contributed by atoms with Crippen molar-refractivity contribution in [1.29, 1.82) is 0 Å². The minimum Gasteiger partial charge on any atom is -0.507 e. The van der Waals surface area contributed by atoms with Crippen LogP contribution in [0.15, 0.2) is 35.2 Å². The van der Waals surface area contributed by atoms with Gasteiger partial charge in [-0.25, -0.2) is 0 Å². The number of hydrogen-bond donors (Lipinski definition) is 1. The molecule has 6 nitrogen and oxygen atoms in total. The van der Waals surface area contributed by atoms with Crippen LogP contribution < -0.4 is 9.64 Å². The van der Waals surface area contributed by atoms with Crippen molar-refractivity contribution in [2.24, 2.45) is 0 Å². The van der Waals surface area contributed by atoms with Crippen LogP contribution >= 0.6 is 11.3 Å². The van der Waals surface area contributed by atoms with E-state index in [0.717, 1.165) is 47.7 Å². The third kappa shape index (κ3) is 3.82. The van der Waals surface area contributed by atoms with Crippen LogP contribution in [-0.4, -0.2) is 48.4 Å². The van der Waals surface area contributed by atoms with Crippen LogP contribution in [0.3, 0.4) is 0 Å². The Morgan fingerprint density at radius 1 is 1.26 bits per heavy atom. The molecule has 7 heteroatoms. The summed E-state index contributed by atoms with van der Waals surface area (Å²) in [6.45, 7) is 5.93. The number of likely N-dealkylation sites (N-methyl/N-ethyl adjacent to an activating group) is 1. The van der Waals surface area contributed by atoms with E-state index in [2.05, 4.69) is 11.8 Å². The molecule has 1 aromatic heterocycles. The van der Waals surface area contributed by atoms with Gasteiger partial charge in [0, 0.05) is 24.0 Å². The fraction of sp³-hybridized carbons (Fsp3) is 0.417. The maximum Gasteiger partial charge on any atom is 0.295 e. The smallest absolute Gasteiger partial charge is 0.295 e. The summed E-state index contributed by atoms with van der Waals surface area (Å²) in [4.78, 5) is 30.7. The van der Waals surface area contributed by atoms with E-state index in [9.17, 15) is 14.7 Å². The Morgan fingerprint density at radius 3 is 2.77 bits per heavy atom. The number of likely N-dealkylation sites (tertiary alicyclic amines) is 1. The number of thiophene rings is 1. The highest BCUT2D eigenvalue weighted by Crippen LogP contribution is 2.43. The maximum absolute atomic E-state index is 13.1. The van der Waals surface area contributed by atoms with E-state index in [4.69, 9.17) is 4.74 Å². The number of Topliss-reactive ketones (excluding diaryl/α,β-unsaturated/α-hetero) is 1. The van der Waals surface area contributed by atoms with E-state index in [1.165, 1.54) is 11.3 Å². The molecule has 0 spiro atoms. The van der Waals surface area contributed by atoms with E-state index in [1.54, 1.807) is 11.0 Å². The van der Waals surface area contributed by atoms with Gasteiger partial charge in [0.2, 0.25) is 0 Å². The number of nitrogens with zero attached hydrogens (tertiary/aromatic N) is 2. The van der Waals surface area contributed by atoms with Crippen molar-refractivity contribution in [1.82, 2.24) is 4.90 Å². The van der Waals surface area contributed by atoms with Crippen molar-refractivity contribution in [3.05, 3.63) is 51.2 Å². The molecule has 0 bridgehead atoms. The Morgan fingerprint density at radius 2 is 2.06 bits per heavy atom. The molecule has 2 aliphatic heterocycles. The van der Waals surface area contributed by atoms with E-state index < -0.39 is 17.7 Å². The van der Waals surface area contributed by atoms with Crippen LogP contribution in [0.25, 0.3) is 5.76 Å².